The molecule has 0 aliphatic rings. The van der Waals surface area contributed by atoms with Crippen LogP contribution in [0.3, 0.4) is 0 Å². The van der Waals surface area contributed by atoms with E-state index >= 15 is 0 Å². The van der Waals surface area contributed by atoms with Crippen LogP contribution in [0.15, 0.2) is 0 Å². The summed E-state index contributed by atoms with van der Waals surface area (Å²) in [6.45, 7) is 10.5. The molecule has 0 saturated heterocycles. The third-order valence-corrected chi connectivity index (χ3v) is 2.49. The van der Waals surface area contributed by atoms with Crippen molar-refractivity contribution in [3.8, 4) is 0 Å². The van der Waals surface area contributed by atoms with Gasteiger partial charge in [-0.15, -0.1) is 33.0 Å². The maximum absolute atomic E-state index is 9.53. The van der Waals surface area contributed by atoms with Gasteiger partial charge in [0.25, 0.3) is 0 Å². The van der Waals surface area contributed by atoms with Crippen LogP contribution < -0.4 is 25.5 Å². The average molecular weight is 457 g/mol. The molecule has 0 N–H and O–H groups in total. The monoisotopic (exact) mass is 455 g/mol. The summed E-state index contributed by atoms with van der Waals surface area (Å²) in [5.74, 6) is 0. The molecular weight excluding hydrogens is 411 g/mol. The first kappa shape index (κ1) is 41.1. The van der Waals surface area contributed by atoms with Gasteiger partial charge in [-0.2, -0.15) is 0 Å². The van der Waals surface area contributed by atoms with Crippen LogP contribution in [-0.2, 0) is 26.2 Å². The number of unbranched alkanes of at least 4 members (excludes halogenated alkanes) is 5. The summed E-state index contributed by atoms with van der Waals surface area (Å²) in [4.78, 5) is 0. The predicted molar refractivity (Wildman–Crippen MR) is 98.9 cm³/mol. The summed E-state index contributed by atoms with van der Waals surface area (Å²) in [5.41, 5.74) is 0. The molecule has 0 aliphatic heterocycles. The van der Waals surface area contributed by atoms with Crippen molar-refractivity contribution in [2.24, 2.45) is 0 Å². The Morgan fingerprint density at radius 1 is 0.346 bits per heavy atom. The molecule has 0 aromatic heterocycles. The molecule has 0 radical (unpaired) electrons. The SMILES string of the molecule is CCCC[O-].CCCC[O-].CCCC[O-].CCCC[O-].CCCC[O-].[Zr+4]. The van der Waals surface area contributed by atoms with Crippen LogP contribution in [0.25, 0.3) is 0 Å². The largest absolute Gasteiger partial charge is 4.00 e. The minimum atomic E-state index is 0. The molecule has 26 heavy (non-hydrogen) atoms. The minimum absolute atomic E-state index is 0. The fraction of sp³-hybridized carbons (Fsp3) is 1.00. The molecule has 160 valence electrons. The quantitative estimate of drug-likeness (QED) is 0.480. The predicted octanol–water partition coefficient (Wildman–Crippen LogP) is 0.732. The van der Waals surface area contributed by atoms with E-state index in [-0.39, 0.29) is 59.2 Å². The standard InChI is InChI=1S/5C4H9O.Zr/c5*1-2-3-4-5;/h5*2-4H2,1H3;/q5*-1;+4. The van der Waals surface area contributed by atoms with Crippen molar-refractivity contribution < 1.29 is 51.7 Å². The fourth-order valence-corrected chi connectivity index (χ4v) is 0.722. The summed E-state index contributed by atoms with van der Waals surface area (Å²) >= 11 is 0. The van der Waals surface area contributed by atoms with E-state index in [1.807, 2.05) is 34.6 Å². The molecule has 0 aromatic carbocycles. The first-order valence-corrected chi connectivity index (χ1v) is 9.98. The van der Waals surface area contributed by atoms with E-state index in [1.165, 1.54) is 0 Å². The summed E-state index contributed by atoms with van der Waals surface area (Å²) in [6.07, 6.45) is 9.32. The average Bonchev–Trinajstić information content (AvgIpc) is 2.61. The second-order valence-corrected chi connectivity index (χ2v) is 5.29. The van der Waals surface area contributed by atoms with Gasteiger partial charge in [0.15, 0.2) is 0 Å². The summed E-state index contributed by atoms with van der Waals surface area (Å²) in [6, 6.07) is 0. The first-order chi connectivity index (χ1) is 12.1. The van der Waals surface area contributed by atoms with E-state index < -0.39 is 0 Å². The second-order valence-electron chi connectivity index (χ2n) is 5.29. The minimum Gasteiger partial charge on any atom is -0.854 e. The normalized spacial score (nSPS) is 8.08. The molecule has 0 bridgehead atoms. The van der Waals surface area contributed by atoms with E-state index in [9.17, 15) is 25.5 Å². The molecule has 0 atom stereocenters. The van der Waals surface area contributed by atoms with Gasteiger partial charge in [0.2, 0.25) is 0 Å². The molecule has 0 aromatic rings. The fourth-order valence-electron chi connectivity index (χ4n) is 0.722. The number of hydrogen-bond acceptors (Lipinski definition) is 5. The molecule has 0 rings (SSSR count). The van der Waals surface area contributed by atoms with Gasteiger partial charge >= 0.3 is 26.2 Å². The van der Waals surface area contributed by atoms with Gasteiger partial charge in [0.05, 0.1) is 0 Å². The molecule has 0 unspecified atom stereocenters. The Kier molecular flexibility index (Phi) is 101. The first-order valence-electron chi connectivity index (χ1n) is 9.98. The van der Waals surface area contributed by atoms with Crippen LogP contribution in [0.2, 0.25) is 0 Å². The maximum Gasteiger partial charge on any atom is 4.00 e. The third kappa shape index (κ3) is 121. The van der Waals surface area contributed by atoms with Gasteiger partial charge in [-0.25, -0.2) is 0 Å². The van der Waals surface area contributed by atoms with Crippen molar-refractivity contribution in [1.29, 1.82) is 0 Å². The topological polar surface area (TPSA) is 115 Å². The van der Waals surface area contributed by atoms with Crippen LogP contribution in [-0.4, -0.2) is 33.0 Å². The molecule has 0 amide bonds. The van der Waals surface area contributed by atoms with Crippen LogP contribution in [0.1, 0.15) is 98.8 Å². The zero-order valence-electron chi connectivity index (χ0n) is 18.1. The van der Waals surface area contributed by atoms with Crippen molar-refractivity contribution in [1.82, 2.24) is 0 Å². The van der Waals surface area contributed by atoms with Crippen LogP contribution >= 0.6 is 0 Å². The van der Waals surface area contributed by atoms with Gasteiger partial charge in [0, 0.05) is 0 Å². The van der Waals surface area contributed by atoms with E-state index in [1.54, 1.807) is 0 Å². The van der Waals surface area contributed by atoms with Crippen LogP contribution in [0, 0.1) is 0 Å². The Balaban J connectivity index is -0.0000000476. The van der Waals surface area contributed by atoms with E-state index in [2.05, 4.69) is 0 Å². The van der Waals surface area contributed by atoms with Gasteiger partial charge < -0.3 is 25.5 Å². The zero-order valence-corrected chi connectivity index (χ0v) is 20.6. The summed E-state index contributed by atoms with van der Waals surface area (Å²) in [5, 5.41) is 47.6. The van der Waals surface area contributed by atoms with Gasteiger partial charge in [-0.05, 0) is 0 Å². The molecule has 0 saturated carbocycles. The molecule has 5 nitrogen and oxygen atoms in total. The summed E-state index contributed by atoms with van der Waals surface area (Å²) < 4.78 is 0. The van der Waals surface area contributed by atoms with Crippen molar-refractivity contribution >= 4 is 0 Å². The second kappa shape index (κ2) is 63.6. The smallest absolute Gasteiger partial charge is 0.854 e. The Labute approximate surface area is 183 Å². The number of hydrogen-bond donors (Lipinski definition) is 0. The molecule has 0 heterocycles. The van der Waals surface area contributed by atoms with Crippen molar-refractivity contribution in [2.45, 2.75) is 98.8 Å². The Morgan fingerprint density at radius 3 is 0.462 bits per heavy atom. The van der Waals surface area contributed by atoms with E-state index in [4.69, 9.17) is 0 Å². The van der Waals surface area contributed by atoms with Crippen molar-refractivity contribution in [3.63, 3.8) is 0 Å². The van der Waals surface area contributed by atoms with Crippen molar-refractivity contribution in [2.75, 3.05) is 33.0 Å². The third-order valence-electron chi connectivity index (χ3n) is 2.49. The summed E-state index contributed by atoms with van der Waals surface area (Å²) in [7, 11) is 0. The molecule has 0 spiro atoms. The van der Waals surface area contributed by atoms with Gasteiger partial charge in [0.1, 0.15) is 0 Å². The van der Waals surface area contributed by atoms with Crippen molar-refractivity contribution in [3.05, 3.63) is 0 Å². The molecule has 6 heteroatoms. The van der Waals surface area contributed by atoms with E-state index in [0.29, 0.717) is 0 Å². The number of rotatable bonds is 10. The Hall–Kier alpha value is 0.683. The molecule has 0 fully saturated rings. The van der Waals surface area contributed by atoms with Crippen LogP contribution in [0.4, 0.5) is 0 Å². The Bertz CT molecular complexity index is 96.5. The molecular formula is C20H45O5Zr-. The van der Waals surface area contributed by atoms with E-state index in [0.717, 1.165) is 64.2 Å². The van der Waals surface area contributed by atoms with Gasteiger partial charge in [-0.1, -0.05) is 98.8 Å². The zero-order chi connectivity index (χ0) is 20.6. The Morgan fingerprint density at radius 2 is 0.462 bits per heavy atom. The molecule has 0 aliphatic carbocycles. The van der Waals surface area contributed by atoms with Crippen LogP contribution in [0.5, 0.6) is 0 Å². The van der Waals surface area contributed by atoms with Gasteiger partial charge in [-0.3, -0.25) is 0 Å². The maximum atomic E-state index is 9.53.